The molecule has 2 heterocycles. The summed E-state index contributed by atoms with van der Waals surface area (Å²) in [4.78, 5) is 25.2. The number of hydrogen-bond donors (Lipinski definition) is 1. The number of benzene rings is 2. The van der Waals surface area contributed by atoms with E-state index in [-0.39, 0.29) is 16.6 Å². The Morgan fingerprint density at radius 3 is 2.55 bits per heavy atom. The highest BCUT2D eigenvalue weighted by Crippen LogP contribution is 2.26. The van der Waals surface area contributed by atoms with Crippen molar-refractivity contribution in [2.75, 3.05) is 11.9 Å². The molecule has 172 valence electrons. The first-order chi connectivity index (χ1) is 15.8. The number of nitrogens with one attached hydrogen (secondary N) is 1. The van der Waals surface area contributed by atoms with Gasteiger partial charge in [0.2, 0.25) is 15.5 Å². The summed E-state index contributed by atoms with van der Waals surface area (Å²) in [7, 11) is -3.60. The quantitative estimate of drug-likeness (QED) is 0.621. The Balaban J connectivity index is 1.54. The minimum atomic E-state index is -3.60. The first-order valence-electron chi connectivity index (χ1n) is 10.9. The van der Waals surface area contributed by atoms with Gasteiger partial charge in [0.1, 0.15) is 0 Å². The van der Waals surface area contributed by atoms with E-state index in [4.69, 9.17) is 0 Å². The lowest BCUT2D eigenvalue weighted by molar-refractivity contribution is 0.101. The number of amides is 1. The van der Waals surface area contributed by atoms with Crippen LogP contribution in [0, 0.1) is 6.92 Å². The third kappa shape index (κ3) is 4.89. The lowest BCUT2D eigenvalue weighted by Gasteiger charge is -2.32. The molecule has 8 nitrogen and oxygen atoms in total. The van der Waals surface area contributed by atoms with E-state index in [1.807, 2.05) is 38.1 Å². The monoisotopic (exact) mass is 466 g/mol. The van der Waals surface area contributed by atoms with Crippen molar-refractivity contribution in [1.29, 1.82) is 0 Å². The molecule has 33 heavy (non-hydrogen) atoms. The van der Waals surface area contributed by atoms with Crippen molar-refractivity contribution in [3.05, 3.63) is 82.3 Å². The molecule has 0 radical (unpaired) electrons. The van der Waals surface area contributed by atoms with Crippen molar-refractivity contribution in [2.45, 2.75) is 44.0 Å². The lowest BCUT2D eigenvalue weighted by Crippen LogP contribution is -2.41. The highest BCUT2D eigenvalue weighted by Gasteiger charge is 2.30. The molecular formula is C24H26N4O4S. The van der Waals surface area contributed by atoms with Gasteiger partial charge in [-0.15, -0.1) is 0 Å². The highest BCUT2D eigenvalue weighted by atomic mass is 32.2. The van der Waals surface area contributed by atoms with Gasteiger partial charge in [-0.3, -0.25) is 9.59 Å². The van der Waals surface area contributed by atoms with Crippen LogP contribution in [0.4, 0.5) is 5.69 Å². The maximum Gasteiger partial charge on any atom is 0.280 e. The minimum absolute atomic E-state index is 0.0390. The number of nitrogens with zero attached hydrogens (tertiary/aromatic N) is 3. The molecule has 0 saturated carbocycles. The van der Waals surface area contributed by atoms with Gasteiger partial charge in [0.05, 0.1) is 10.6 Å². The van der Waals surface area contributed by atoms with E-state index in [9.17, 15) is 18.0 Å². The van der Waals surface area contributed by atoms with E-state index < -0.39 is 21.4 Å². The van der Waals surface area contributed by atoms with E-state index in [2.05, 4.69) is 10.4 Å². The zero-order chi connectivity index (χ0) is 23.6. The second-order valence-corrected chi connectivity index (χ2v) is 10.1. The van der Waals surface area contributed by atoms with Crippen molar-refractivity contribution < 1.29 is 13.2 Å². The van der Waals surface area contributed by atoms with Gasteiger partial charge in [0, 0.05) is 30.5 Å². The first-order valence-corrected chi connectivity index (χ1v) is 12.3. The van der Waals surface area contributed by atoms with Crippen LogP contribution in [0.15, 0.2) is 70.5 Å². The molecule has 1 aliphatic rings. The summed E-state index contributed by atoms with van der Waals surface area (Å²) in [6, 6.07) is 14.7. The number of rotatable bonds is 5. The van der Waals surface area contributed by atoms with Gasteiger partial charge in [-0.05, 0) is 68.7 Å². The van der Waals surface area contributed by atoms with Gasteiger partial charge in [0.15, 0.2) is 5.69 Å². The van der Waals surface area contributed by atoms with Crippen LogP contribution in [0.3, 0.4) is 0 Å². The van der Waals surface area contributed by atoms with Crippen molar-refractivity contribution in [3.8, 4) is 5.69 Å². The summed E-state index contributed by atoms with van der Waals surface area (Å²) in [6.07, 6.45) is 4.23. The molecule has 1 aliphatic heterocycles. The van der Waals surface area contributed by atoms with Crippen LogP contribution in [-0.4, -0.2) is 41.0 Å². The largest absolute Gasteiger partial charge is 0.320 e. The van der Waals surface area contributed by atoms with Crippen molar-refractivity contribution >= 4 is 21.6 Å². The average molecular weight is 467 g/mol. The summed E-state index contributed by atoms with van der Waals surface area (Å²) < 4.78 is 29.0. The molecule has 1 fully saturated rings. The molecule has 1 aromatic heterocycles. The second-order valence-electron chi connectivity index (χ2n) is 8.25. The van der Waals surface area contributed by atoms with Gasteiger partial charge in [-0.1, -0.05) is 18.6 Å². The Morgan fingerprint density at radius 1 is 1.09 bits per heavy atom. The predicted molar refractivity (Wildman–Crippen MR) is 126 cm³/mol. The number of hydrogen-bond acceptors (Lipinski definition) is 5. The van der Waals surface area contributed by atoms with Crippen molar-refractivity contribution in [2.24, 2.45) is 0 Å². The summed E-state index contributed by atoms with van der Waals surface area (Å²) in [6.45, 7) is 4.37. The number of anilines is 1. The van der Waals surface area contributed by atoms with E-state index in [1.165, 1.54) is 45.5 Å². The van der Waals surface area contributed by atoms with Crippen LogP contribution in [0.2, 0.25) is 0 Å². The summed E-state index contributed by atoms with van der Waals surface area (Å²) in [5.74, 6) is -0.665. The van der Waals surface area contributed by atoms with Gasteiger partial charge in [-0.2, -0.15) is 9.40 Å². The Kier molecular flexibility index (Phi) is 6.44. The molecule has 0 spiro atoms. The van der Waals surface area contributed by atoms with Crippen LogP contribution in [-0.2, 0) is 10.0 Å². The van der Waals surface area contributed by atoms with Crippen molar-refractivity contribution in [3.63, 3.8) is 0 Å². The molecule has 2 aromatic carbocycles. The molecule has 1 amide bonds. The van der Waals surface area contributed by atoms with E-state index in [0.29, 0.717) is 12.2 Å². The van der Waals surface area contributed by atoms with Crippen LogP contribution >= 0.6 is 0 Å². The van der Waals surface area contributed by atoms with Gasteiger partial charge < -0.3 is 5.32 Å². The van der Waals surface area contributed by atoms with Gasteiger partial charge >= 0.3 is 0 Å². The fourth-order valence-corrected chi connectivity index (χ4v) is 5.64. The zero-order valence-corrected chi connectivity index (χ0v) is 19.4. The summed E-state index contributed by atoms with van der Waals surface area (Å²) >= 11 is 0. The summed E-state index contributed by atoms with van der Waals surface area (Å²) in [5.41, 5.74) is 1.36. The molecule has 0 aliphatic carbocycles. The van der Waals surface area contributed by atoms with E-state index in [0.717, 1.165) is 30.5 Å². The molecule has 9 heteroatoms. The minimum Gasteiger partial charge on any atom is -0.320 e. The fraction of sp³-hybridized carbons (Fsp3) is 0.292. The topological polar surface area (TPSA) is 101 Å². The standard InChI is InChI=1S/C24H26N4O4S/c1-17-6-5-8-20(16-17)27-15-13-22(29)23(26-27)24(30)25-19-9-11-21(12-10-19)33(31,32)28-14-4-3-7-18(28)2/h5-6,8-13,15-16,18H,3-4,7,14H2,1-2H3,(H,25,30)/t18-/m1/s1. The van der Waals surface area contributed by atoms with E-state index >= 15 is 0 Å². The third-order valence-corrected chi connectivity index (χ3v) is 7.78. The molecule has 0 bridgehead atoms. The Labute approximate surface area is 192 Å². The molecule has 1 N–H and O–H groups in total. The van der Waals surface area contributed by atoms with Crippen LogP contribution < -0.4 is 10.7 Å². The summed E-state index contributed by atoms with van der Waals surface area (Å²) in [5, 5.41) is 6.83. The SMILES string of the molecule is Cc1cccc(-n2ccc(=O)c(C(=O)Nc3ccc(S(=O)(=O)N4CCCC[C@H]4C)cc3)n2)c1. The maximum atomic E-state index is 13.0. The van der Waals surface area contributed by atoms with Crippen LogP contribution in [0.1, 0.15) is 42.2 Å². The molecule has 1 atom stereocenters. The molecule has 0 unspecified atom stereocenters. The molecular weight excluding hydrogens is 440 g/mol. The van der Waals surface area contributed by atoms with Crippen molar-refractivity contribution in [1.82, 2.24) is 14.1 Å². The van der Waals surface area contributed by atoms with Gasteiger partial charge in [0.25, 0.3) is 5.91 Å². The normalized spacial score (nSPS) is 17.0. The Hall–Kier alpha value is -3.30. The third-order valence-electron chi connectivity index (χ3n) is 5.75. The maximum absolute atomic E-state index is 13.0. The van der Waals surface area contributed by atoms with E-state index in [1.54, 1.807) is 0 Å². The van der Waals surface area contributed by atoms with Crippen LogP contribution in [0.5, 0.6) is 0 Å². The number of carbonyl (C=O) groups is 1. The predicted octanol–water partition coefficient (Wildman–Crippen LogP) is 3.36. The number of sulfonamides is 1. The number of carbonyl (C=O) groups excluding carboxylic acids is 1. The Bertz CT molecular complexity index is 1330. The smallest absolute Gasteiger partial charge is 0.280 e. The Morgan fingerprint density at radius 2 is 1.85 bits per heavy atom. The number of aromatic nitrogens is 2. The lowest BCUT2D eigenvalue weighted by atomic mass is 10.1. The average Bonchev–Trinajstić information content (AvgIpc) is 2.80. The molecule has 4 rings (SSSR count). The number of aryl methyl sites for hydroxylation is 1. The first kappa shape index (κ1) is 22.9. The van der Waals surface area contributed by atoms with Crippen LogP contribution in [0.25, 0.3) is 5.69 Å². The molecule has 3 aromatic rings. The number of piperidine rings is 1. The zero-order valence-electron chi connectivity index (χ0n) is 18.6. The van der Waals surface area contributed by atoms with Gasteiger partial charge in [-0.25, -0.2) is 13.1 Å². The highest BCUT2D eigenvalue weighted by molar-refractivity contribution is 7.89. The fourth-order valence-electron chi connectivity index (χ4n) is 3.94. The second kappa shape index (κ2) is 9.29. The molecule has 1 saturated heterocycles.